The molecule has 0 aliphatic carbocycles. The fourth-order valence-electron chi connectivity index (χ4n) is 5.43. The molecule has 14 heteroatoms. The Morgan fingerprint density at radius 2 is 1.90 bits per heavy atom. The maximum absolute atomic E-state index is 15.0. The number of piperazine rings is 1. The number of sulfonamides is 1. The third kappa shape index (κ3) is 4.76. The van der Waals surface area contributed by atoms with E-state index in [-0.39, 0.29) is 54.4 Å². The topological polar surface area (TPSA) is 123 Å². The van der Waals surface area contributed by atoms with E-state index >= 15 is 4.39 Å². The number of hydrogen-bond donors (Lipinski definition) is 1. The maximum atomic E-state index is 15.0. The largest absolute Gasteiger partial charge is 0.489 e. The second kappa shape index (κ2) is 9.73. The maximum Gasteiger partial charge on any atom is 0.242 e. The van der Waals surface area contributed by atoms with E-state index in [1.54, 1.807) is 36.1 Å². The van der Waals surface area contributed by atoms with Gasteiger partial charge in [-0.2, -0.15) is 4.31 Å². The molecule has 41 heavy (non-hydrogen) atoms. The Balaban J connectivity index is 1.29. The molecule has 0 bridgehead atoms. The molecule has 1 saturated heterocycles. The summed E-state index contributed by atoms with van der Waals surface area (Å²) >= 11 is 0. The van der Waals surface area contributed by atoms with E-state index in [0.717, 1.165) is 16.8 Å². The Morgan fingerprint density at radius 1 is 1.12 bits per heavy atom. The SMILES string of the molecule is Cc1nc2c(F)cc(-c3nc(Nc4ccc5c(c4)OCC4CN(S(C)(=O)=O)CC(=O)N54)ncc3F)cc2n1C(C)C. The summed E-state index contributed by atoms with van der Waals surface area (Å²) in [6.45, 7) is 5.72. The molecule has 6 rings (SSSR count). The van der Waals surface area contributed by atoms with Gasteiger partial charge in [-0.25, -0.2) is 32.2 Å². The molecule has 2 aromatic heterocycles. The van der Waals surface area contributed by atoms with Gasteiger partial charge in [-0.05, 0) is 45.0 Å². The van der Waals surface area contributed by atoms with Crippen LogP contribution in [0.25, 0.3) is 22.3 Å². The molecule has 214 valence electrons. The van der Waals surface area contributed by atoms with Crippen molar-refractivity contribution < 1.29 is 26.7 Å². The quantitative estimate of drug-likeness (QED) is 0.377. The normalized spacial score (nSPS) is 17.5. The highest BCUT2D eigenvalue weighted by molar-refractivity contribution is 7.88. The van der Waals surface area contributed by atoms with Gasteiger partial charge in [0.05, 0.1) is 36.2 Å². The van der Waals surface area contributed by atoms with Gasteiger partial charge in [0.1, 0.15) is 29.4 Å². The smallest absolute Gasteiger partial charge is 0.242 e. The summed E-state index contributed by atoms with van der Waals surface area (Å²) in [6.07, 6.45) is 2.09. The predicted molar refractivity (Wildman–Crippen MR) is 149 cm³/mol. The van der Waals surface area contributed by atoms with Crippen LogP contribution in [0.4, 0.5) is 26.1 Å². The van der Waals surface area contributed by atoms with Crippen LogP contribution in [-0.2, 0) is 14.8 Å². The number of aryl methyl sites for hydroxylation is 1. The van der Waals surface area contributed by atoms with E-state index in [9.17, 15) is 17.6 Å². The van der Waals surface area contributed by atoms with Crippen LogP contribution in [-0.4, -0.2) is 70.1 Å². The van der Waals surface area contributed by atoms with Gasteiger partial charge >= 0.3 is 0 Å². The Morgan fingerprint density at radius 3 is 2.63 bits per heavy atom. The molecule has 1 atom stereocenters. The number of nitrogens with one attached hydrogen (secondary N) is 1. The van der Waals surface area contributed by atoms with Crippen molar-refractivity contribution >= 4 is 44.3 Å². The summed E-state index contributed by atoms with van der Waals surface area (Å²) in [7, 11) is -3.52. The third-order valence-corrected chi connectivity index (χ3v) is 8.41. The van der Waals surface area contributed by atoms with Crippen molar-refractivity contribution in [1.29, 1.82) is 0 Å². The van der Waals surface area contributed by atoms with Gasteiger partial charge in [-0.15, -0.1) is 0 Å². The highest BCUT2D eigenvalue weighted by atomic mass is 32.2. The fourth-order valence-corrected chi connectivity index (χ4v) is 6.22. The van der Waals surface area contributed by atoms with Gasteiger partial charge in [0, 0.05) is 29.9 Å². The number of ether oxygens (including phenoxy) is 1. The molecule has 0 saturated carbocycles. The van der Waals surface area contributed by atoms with Crippen LogP contribution < -0.4 is 15.0 Å². The minimum atomic E-state index is -3.52. The number of hydrogen-bond acceptors (Lipinski definition) is 8. The first-order chi connectivity index (χ1) is 19.4. The number of halogens is 2. The van der Waals surface area contributed by atoms with Crippen molar-refractivity contribution in [3.05, 3.63) is 54.0 Å². The number of rotatable bonds is 5. The van der Waals surface area contributed by atoms with Crippen molar-refractivity contribution in [3.8, 4) is 17.0 Å². The highest BCUT2D eigenvalue weighted by Gasteiger charge is 2.41. The number of carbonyl (C=O) groups is 1. The number of imidazole rings is 1. The third-order valence-electron chi connectivity index (χ3n) is 7.19. The zero-order chi connectivity index (χ0) is 29.2. The second-order valence-corrected chi connectivity index (χ2v) is 12.4. The average molecular weight is 584 g/mol. The number of anilines is 3. The van der Waals surface area contributed by atoms with E-state index in [2.05, 4.69) is 20.3 Å². The molecule has 4 aromatic rings. The van der Waals surface area contributed by atoms with Gasteiger partial charge in [-0.1, -0.05) is 0 Å². The molecule has 2 aliphatic heterocycles. The molecule has 2 aliphatic rings. The van der Waals surface area contributed by atoms with Gasteiger partial charge in [0.15, 0.2) is 11.6 Å². The summed E-state index contributed by atoms with van der Waals surface area (Å²) in [5.74, 6) is -0.502. The van der Waals surface area contributed by atoms with Gasteiger partial charge < -0.3 is 14.6 Å². The molecule has 0 spiro atoms. The monoisotopic (exact) mass is 583 g/mol. The molecular formula is C27H27F2N7O4S. The number of benzene rings is 2. The minimum Gasteiger partial charge on any atom is -0.489 e. The highest BCUT2D eigenvalue weighted by Crippen LogP contribution is 2.38. The fraction of sp³-hybridized carbons (Fsp3) is 0.333. The number of nitrogens with zero attached hydrogens (tertiary/aromatic N) is 6. The Hall–Kier alpha value is -4.17. The molecule has 1 fully saturated rings. The summed E-state index contributed by atoms with van der Waals surface area (Å²) in [5, 5.41) is 3.02. The Labute approximate surface area is 234 Å². The van der Waals surface area contributed by atoms with Crippen molar-refractivity contribution in [2.75, 3.05) is 36.2 Å². The first kappa shape index (κ1) is 27.0. The van der Waals surface area contributed by atoms with Crippen LogP contribution in [0.1, 0.15) is 25.7 Å². The molecule has 1 amide bonds. The average Bonchev–Trinajstić information content (AvgIpc) is 3.25. The van der Waals surface area contributed by atoms with E-state index in [4.69, 9.17) is 4.74 Å². The van der Waals surface area contributed by atoms with Gasteiger partial charge in [-0.3, -0.25) is 9.69 Å². The van der Waals surface area contributed by atoms with Crippen molar-refractivity contribution in [1.82, 2.24) is 23.8 Å². The number of carbonyl (C=O) groups excluding carboxylic acids is 1. The second-order valence-electron chi connectivity index (χ2n) is 10.4. The Bertz CT molecular complexity index is 1830. The van der Waals surface area contributed by atoms with Gasteiger partial charge in [0.2, 0.25) is 21.9 Å². The zero-order valence-corrected chi connectivity index (χ0v) is 23.5. The predicted octanol–water partition coefficient (Wildman–Crippen LogP) is 3.77. The number of fused-ring (bicyclic) bond motifs is 4. The van der Waals surface area contributed by atoms with Crippen LogP contribution in [0.3, 0.4) is 0 Å². The molecule has 11 nitrogen and oxygen atoms in total. The van der Waals surface area contributed by atoms with Crippen LogP contribution in [0.2, 0.25) is 0 Å². The first-order valence-electron chi connectivity index (χ1n) is 12.9. The van der Waals surface area contributed by atoms with E-state index < -0.39 is 27.7 Å². The van der Waals surface area contributed by atoms with Crippen molar-refractivity contribution in [3.63, 3.8) is 0 Å². The van der Waals surface area contributed by atoms with E-state index in [0.29, 0.717) is 28.5 Å². The van der Waals surface area contributed by atoms with Crippen molar-refractivity contribution in [2.24, 2.45) is 0 Å². The van der Waals surface area contributed by atoms with E-state index in [1.807, 2.05) is 18.4 Å². The summed E-state index contributed by atoms with van der Waals surface area (Å²) < 4.78 is 62.8. The lowest BCUT2D eigenvalue weighted by molar-refractivity contribution is -0.121. The molecule has 0 radical (unpaired) electrons. The van der Waals surface area contributed by atoms with Crippen LogP contribution in [0.15, 0.2) is 36.5 Å². The summed E-state index contributed by atoms with van der Waals surface area (Å²) in [6, 6.07) is 7.46. The van der Waals surface area contributed by atoms with Crippen LogP contribution >= 0.6 is 0 Å². The number of aromatic nitrogens is 4. The van der Waals surface area contributed by atoms with Crippen molar-refractivity contribution in [2.45, 2.75) is 32.9 Å². The van der Waals surface area contributed by atoms with Crippen LogP contribution in [0, 0.1) is 18.6 Å². The summed E-state index contributed by atoms with van der Waals surface area (Å²) in [4.78, 5) is 27.1. The standard InChI is InChI=1S/C27H27F2N7O4S/c1-14(2)35-15(3)31-26-19(28)7-16(8-22(26)35)25-20(29)10-30-27(33-25)32-17-5-6-21-23(9-17)40-13-18-11-34(41(4,38)39)12-24(37)36(18)21/h5-10,14,18H,11-13H2,1-4H3,(H,30,32,33). The molecule has 1 N–H and O–H groups in total. The lowest BCUT2D eigenvalue weighted by atomic mass is 10.1. The minimum absolute atomic E-state index is 0.0162. The Kier molecular flexibility index (Phi) is 6.41. The van der Waals surface area contributed by atoms with E-state index in [1.165, 1.54) is 6.07 Å². The first-order valence-corrected chi connectivity index (χ1v) is 14.8. The zero-order valence-electron chi connectivity index (χ0n) is 22.7. The summed E-state index contributed by atoms with van der Waals surface area (Å²) in [5.41, 5.74) is 1.94. The van der Waals surface area contributed by atoms with Crippen LogP contribution in [0.5, 0.6) is 5.75 Å². The molecule has 2 aromatic carbocycles. The molecule has 1 unspecified atom stereocenters. The lowest BCUT2D eigenvalue weighted by Crippen LogP contribution is -2.61. The molecular weight excluding hydrogens is 556 g/mol. The number of amides is 1. The lowest BCUT2D eigenvalue weighted by Gasteiger charge is -2.43. The molecule has 4 heterocycles. The van der Waals surface area contributed by atoms with Gasteiger partial charge in [0.25, 0.3) is 0 Å².